The van der Waals surface area contributed by atoms with Crippen LogP contribution in [0.4, 0.5) is 0 Å². The molecule has 3 amide bonds. The predicted octanol–water partition coefficient (Wildman–Crippen LogP) is -13.7. The lowest BCUT2D eigenvalue weighted by atomic mass is 9.93. The quantitative estimate of drug-likeness (QED) is 0.0571. The molecule has 6 fully saturated rings. The molecule has 6 saturated heterocycles. The lowest BCUT2D eigenvalue weighted by molar-refractivity contribution is -0.385. The molecule has 6 heterocycles. The van der Waals surface area contributed by atoms with E-state index in [9.17, 15) is 101 Å². The molecule has 30 atom stereocenters. The van der Waals surface area contributed by atoms with E-state index in [4.69, 9.17) is 52.1 Å². The molecule has 0 aliphatic carbocycles. The van der Waals surface area contributed by atoms with Gasteiger partial charge in [-0.25, -0.2) is 0 Å². The van der Waals surface area contributed by atoms with Crippen molar-refractivity contribution in [1.29, 1.82) is 0 Å². The Morgan fingerprint density at radius 1 is 0.316 bits per heavy atom. The number of nitrogens with one attached hydrogen (secondary N) is 3. The van der Waals surface area contributed by atoms with Gasteiger partial charge in [0.15, 0.2) is 37.7 Å². The van der Waals surface area contributed by atoms with Crippen LogP contribution >= 0.6 is 0 Å². The van der Waals surface area contributed by atoms with E-state index >= 15 is 0 Å². The molecular formula is C42H71N3O31. The molecule has 76 heavy (non-hydrogen) atoms. The average Bonchev–Trinajstić information content (AvgIpc) is 3.37. The second-order valence-corrected chi connectivity index (χ2v) is 19.0. The second kappa shape index (κ2) is 27.2. The van der Waals surface area contributed by atoms with Gasteiger partial charge in [0.2, 0.25) is 17.7 Å². The highest BCUT2D eigenvalue weighted by molar-refractivity contribution is 5.74. The van der Waals surface area contributed by atoms with E-state index in [2.05, 4.69) is 16.0 Å². The number of hydrogen-bond acceptors (Lipinski definition) is 31. The van der Waals surface area contributed by atoms with Crippen LogP contribution in [0.25, 0.3) is 0 Å². The number of carbonyl (C=O) groups is 3. The van der Waals surface area contributed by atoms with Gasteiger partial charge in [0.25, 0.3) is 0 Å². The fourth-order valence-electron chi connectivity index (χ4n) is 9.73. The molecule has 0 saturated carbocycles. The van der Waals surface area contributed by atoms with Gasteiger partial charge in [-0.3, -0.25) is 14.4 Å². The number of aliphatic hydroxyl groups excluding tert-OH is 17. The van der Waals surface area contributed by atoms with E-state index < -0.39 is 241 Å². The van der Waals surface area contributed by atoms with E-state index in [0.717, 1.165) is 20.8 Å². The van der Waals surface area contributed by atoms with E-state index in [1.807, 2.05) is 0 Å². The van der Waals surface area contributed by atoms with Crippen LogP contribution in [-0.2, 0) is 66.5 Å². The van der Waals surface area contributed by atoms with Crippen LogP contribution in [0.2, 0.25) is 0 Å². The molecule has 1 unspecified atom stereocenters. The lowest BCUT2D eigenvalue weighted by Crippen LogP contribution is -2.71. The first-order valence-electron chi connectivity index (χ1n) is 24.1. The van der Waals surface area contributed by atoms with Gasteiger partial charge >= 0.3 is 0 Å². The maximum atomic E-state index is 12.6. The van der Waals surface area contributed by atoms with Gasteiger partial charge in [0.1, 0.15) is 146 Å². The van der Waals surface area contributed by atoms with Crippen molar-refractivity contribution in [3.8, 4) is 0 Å². The third-order valence-corrected chi connectivity index (χ3v) is 13.6. The van der Waals surface area contributed by atoms with Crippen LogP contribution in [-0.4, -0.2) is 328 Å². The Bertz CT molecular complexity index is 1870. The van der Waals surface area contributed by atoms with Gasteiger partial charge in [0.05, 0.1) is 39.6 Å². The zero-order chi connectivity index (χ0) is 56.2. The Balaban J connectivity index is 1.21. The first-order valence-corrected chi connectivity index (χ1v) is 24.1. The number of aliphatic hydroxyl groups is 17. The Morgan fingerprint density at radius 2 is 0.592 bits per heavy atom. The summed E-state index contributed by atoms with van der Waals surface area (Å²) in [6.07, 6.45) is -50.9. The summed E-state index contributed by atoms with van der Waals surface area (Å²) in [5.74, 6) is -2.41. The fourth-order valence-corrected chi connectivity index (χ4v) is 9.73. The van der Waals surface area contributed by atoms with Crippen molar-refractivity contribution < 1.29 is 153 Å². The van der Waals surface area contributed by atoms with Crippen molar-refractivity contribution in [2.75, 3.05) is 39.6 Å². The van der Waals surface area contributed by atoms with Crippen molar-refractivity contribution in [1.82, 2.24) is 16.0 Å². The molecule has 6 aliphatic heterocycles. The molecule has 34 nitrogen and oxygen atoms in total. The Kier molecular flexibility index (Phi) is 22.3. The first-order chi connectivity index (χ1) is 35.9. The molecule has 0 radical (unpaired) electrons. The van der Waals surface area contributed by atoms with Gasteiger partial charge < -0.3 is 155 Å². The largest absolute Gasteiger partial charge is 0.394 e. The smallest absolute Gasteiger partial charge is 0.217 e. The van der Waals surface area contributed by atoms with E-state index in [0.29, 0.717) is 0 Å². The molecule has 0 aromatic carbocycles. The average molecular weight is 1110 g/mol. The zero-order valence-corrected chi connectivity index (χ0v) is 40.9. The molecule has 0 spiro atoms. The highest BCUT2D eigenvalue weighted by atomic mass is 16.8. The highest BCUT2D eigenvalue weighted by Crippen LogP contribution is 2.37. The minimum absolute atomic E-state index is 0.713. The number of carbonyl (C=O) groups excluding carboxylic acids is 3. The van der Waals surface area contributed by atoms with Gasteiger partial charge in [-0.1, -0.05) is 0 Å². The van der Waals surface area contributed by atoms with E-state index in [-0.39, 0.29) is 0 Å². The van der Waals surface area contributed by atoms with E-state index in [1.165, 1.54) is 0 Å². The summed E-state index contributed by atoms with van der Waals surface area (Å²) < 4.78 is 63.0. The Morgan fingerprint density at radius 3 is 0.934 bits per heavy atom. The Hall–Kier alpha value is -2.71. The van der Waals surface area contributed by atoms with Crippen LogP contribution in [0, 0.1) is 0 Å². The molecule has 34 heteroatoms. The molecule has 440 valence electrons. The third-order valence-electron chi connectivity index (χ3n) is 13.6. The summed E-state index contributed by atoms with van der Waals surface area (Å²) in [6, 6.07) is -5.08. The van der Waals surface area contributed by atoms with Crippen LogP contribution in [0.15, 0.2) is 0 Å². The molecule has 20 N–H and O–H groups in total. The first kappa shape index (κ1) is 62.5. The summed E-state index contributed by atoms with van der Waals surface area (Å²) in [5, 5.41) is 190. The van der Waals surface area contributed by atoms with Crippen LogP contribution in [0.3, 0.4) is 0 Å². The normalized spacial score (nSPS) is 48.2. The van der Waals surface area contributed by atoms with Crippen LogP contribution in [0.1, 0.15) is 20.8 Å². The van der Waals surface area contributed by atoms with Crippen LogP contribution < -0.4 is 16.0 Å². The summed E-state index contributed by atoms with van der Waals surface area (Å²) in [6.45, 7) is -2.75. The standard InChI is InChI=1S/C42H71N3O31/c1-10(52)43-19-25(58)32(16(7-49)66-37(19)65)73-41-30(63)35(23(56)14(5-47)68-41)75-39-21(45-12(3)54)27(60)34(18(9-51)71-39)74-42-31(64)36(24(57)15(6-48)69-42)76-38-20(44-11(2)53)26(59)33(17(8-50)70-38)72-40-29(62)28(61)22(55)13(4-46)67-40/h13-42,46-51,55-65H,4-9H2,1-3H3,(H,43,52)(H,44,53)(H,45,54)/t13-,14-,15-,16-,17-,18-,19-,20-,21-,22+,23+,24+,25-,26-,27-,28+,29-,30-,31-,32-,33-,34-,35+,36+,37?,38+,39+,40+,41+,42+/m1/s1. The van der Waals surface area contributed by atoms with Gasteiger partial charge in [-0.05, 0) is 0 Å². The number of amides is 3. The molecule has 6 rings (SSSR count). The summed E-state index contributed by atoms with van der Waals surface area (Å²) >= 11 is 0. The summed E-state index contributed by atoms with van der Waals surface area (Å²) in [5.41, 5.74) is 0. The second-order valence-electron chi connectivity index (χ2n) is 19.0. The van der Waals surface area contributed by atoms with Crippen molar-refractivity contribution in [2.24, 2.45) is 0 Å². The van der Waals surface area contributed by atoms with Crippen molar-refractivity contribution >= 4 is 17.7 Å². The fraction of sp³-hybridized carbons (Fsp3) is 0.929. The lowest BCUT2D eigenvalue weighted by Gasteiger charge is -2.51. The highest BCUT2D eigenvalue weighted by Gasteiger charge is 2.58. The molecule has 0 bridgehead atoms. The summed E-state index contributed by atoms with van der Waals surface area (Å²) in [4.78, 5) is 36.9. The maximum absolute atomic E-state index is 12.6. The number of hydrogen-bond donors (Lipinski definition) is 20. The Labute approximate surface area is 431 Å². The monoisotopic (exact) mass is 1110 g/mol. The van der Waals surface area contributed by atoms with Gasteiger partial charge in [0, 0.05) is 20.8 Å². The maximum Gasteiger partial charge on any atom is 0.217 e. The van der Waals surface area contributed by atoms with Gasteiger partial charge in [-0.15, -0.1) is 0 Å². The minimum Gasteiger partial charge on any atom is -0.394 e. The van der Waals surface area contributed by atoms with Gasteiger partial charge in [-0.2, -0.15) is 0 Å². The molecule has 0 aromatic rings. The number of rotatable bonds is 19. The SMILES string of the molecule is CC(=O)N[C@H]1[C@H](O[C@H]2[C@@H](O)[C@@H](CO)O[C@@H](O[C@H]3[C@H](O)[C@@H](NC(C)=O)[C@H](O[C@H]4[C@@H](O)[C@@H](CO)O[C@@H](O[C@H]5[C@H](O)[C@@H](NC(C)=O)C(O)O[C@@H]5CO)[C@@H]4O)O[C@@H]3CO)[C@@H]2O)O[C@H](CO)[C@@H](O[C@@H]2O[C@H](CO)[C@H](O)[C@H](O)[C@H]2O)[C@@H]1O. The van der Waals surface area contributed by atoms with E-state index in [1.54, 1.807) is 0 Å². The third kappa shape index (κ3) is 13.5. The minimum atomic E-state index is -2.22. The zero-order valence-electron chi connectivity index (χ0n) is 40.9. The molecule has 6 aliphatic rings. The molecule has 0 aromatic heterocycles. The number of ether oxygens (including phenoxy) is 11. The van der Waals surface area contributed by atoms with Crippen molar-refractivity contribution in [3.05, 3.63) is 0 Å². The predicted molar refractivity (Wildman–Crippen MR) is 234 cm³/mol. The van der Waals surface area contributed by atoms with Crippen molar-refractivity contribution in [3.63, 3.8) is 0 Å². The van der Waals surface area contributed by atoms with Crippen LogP contribution in [0.5, 0.6) is 0 Å². The topological polar surface area (TPSA) is 533 Å². The summed E-state index contributed by atoms with van der Waals surface area (Å²) in [7, 11) is 0. The molecular weight excluding hydrogens is 1040 g/mol. The van der Waals surface area contributed by atoms with Crippen molar-refractivity contribution in [2.45, 2.75) is 205 Å².